The lowest BCUT2D eigenvalue weighted by Crippen LogP contribution is -2.11. The molecule has 1 rings (SSSR count). The molecule has 0 aliphatic heterocycles. The lowest BCUT2D eigenvalue weighted by atomic mass is 10.1. The summed E-state index contributed by atoms with van der Waals surface area (Å²) in [5, 5.41) is 8.79. The summed E-state index contributed by atoms with van der Waals surface area (Å²) in [6.45, 7) is 0. The van der Waals surface area contributed by atoms with Crippen molar-refractivity contribution in [3.63, 3.8) is 0 Å². The first-order valence-corrected chi connectivity index (χ1v) is 7.31. The third-order valence-electron chi connectivity index (χ3n) is 2.31. The van der Waals surface area contributed by atoms with Crippen molar-refractivity contribution in [2.75, 3.05) is 11.6 Å². The topological polar surface area (TPSA) is 57.9 Å². The Morgan fingerprint density at radius 1 is 1.32 bits per heavy atom. The van der Waals surface area contributed by atoms with Crippen LogP contribution >= 0.6 is 11.6 Å². The Kier molecular flexibility index (Phi) is 4.82. The zero-order valence-electron chi connectivity index (χ0n) is 9.54. The fourth-order valence-corrected chi connectivity index (χ4v) is 3.17. The van der Waals surface area contributed by atoms with Crippen LogP contribution in [0.25, 0.3) is 0 Å². The molecule has 0 aliphatic rings. The minimum atomic E-state index is -4.62. The standard InChI is InChI=1S/C11H9ClF3NO2S/c12-4-1-5-19(17,18)10-3-2-9(11(13,14)15)6-8(10)7-16/h2-3,6H,1,4-5H2. The van der Waals surface area contributed by atoms with Gasteiger partial charge >= 0.3 is 6.18 Å². The van der Waals surface area contributed by atoms with Crippen LogP contribution in [0.4, 0.5) is 13.2 Å². The molecular formula is C11H9ClF3NO2S. The van der Waals surface area contributed by atoms with Gasteiger partial charge in [-0.05, 0) is 24.6 Å². The number of rotatable bonds is 4. The van der Waals surface area contributed by atoms with Gasteiger partial charge in [0.05, 0.1) is 21.8 Å². The van der Waals surface area contributed by atoms with E-state index in [0.29, 0.717) is 12.1 Å². The first-order chi connectivity index (χ1) is 8.72. The van der Waals surface area contributed by atoms with Gasteiger partial charge in [-0.1, -0.05) is 0 Å². The van der Waals surface area contributed by atoms with Crippen LogP contribution in [0.3, 0.4) is 0 Å². The van der Waals surface area contributed by atoms with Crippen LogP contribution in [0.15, 0.2) is 23.1 Å². The van der Waals surface area contributed by atoms with E-state index in [0.717, 1.165) is 6.07 Å². The summed E-state index contributed by atoms with van der Waals surface area (Å²) in [6, 6.07) is 3.47. The maximum Gasteiger partial charge on any atom is 0.416 e. The minimum Gasteiger partial charge on any atom is -0.224 e. The zero-order valence-corrected chi connectivity index (χ0v) is 11.1. The number of alkyl halides is 4. The van der Waals surface area contributed by atoms with Crippen molar-refractivity contribution in [2.24, 2.45) is 0 Å². The Morgan fingerprint density at radius 3 is 2.42 bits per heavy atom. The predicted molar refractivity (Wildman–Crippen MR) is 63.5 cm³/mol. The van der Waals surface area contributed by atoms with Crippen LogP contribution in [0, 0.1) is 11.3 Å². The normalized spacial score (nSPS) is 12.2. The maximum absolute atomic E-state index is 12.5. The first kappa shape index (κ1) is 15.8. The summed E-state index contributed by atoms with van der Waals surface area (Å²) in [5.41, 5.74) is -1.57. The molecule has 0 bridgehead atoms. The lowest BCUT2D eigenvalue weighted by Gasteiger charge is -2.10. The van der Waals surface area contributed by atoms with Gasteiger partial charge in [0.1, 0.15) is 6.07 Å². The molecule has 0 atom stereocenters. The highest BCUT2D eigenvalue weighted by Gasteiger charge is 2.32. The number of hydrogen-bond donors (Lipinski definition) is 0. The molecule has 0 aliphatic carbocycles. The molecule has 1 aromatic rings. The zero-order chi connectivity index (χ0) is 14.7. The number of halogens is 4. The van der Waals surface area contributed by atoms with Crippen molar-refractivity contribution in [3.05, 3.63) is 29.3 Å². The summed E-state index contributed by atoms with van der Waals surface area (Å²) < 4.78 is 61.1. The van der Waals surface area contributed by atoms with E-state index < -0.39 is 32.0 Å². The van der Waals surface area contributed by atoms with Crippen molar-refractivity contribution in [2.45, 2.75) is 17.5 Å². The number of benzene rings is 1. The van der Waals surface area contributed by atoms with Gasteiger partial charge in [-0.2, -0.15) is 18.4 Å². The smallest absolute Gasteiger partial charge is 0.224 e. The molecule has 0 heterocycles. The molecule has 0 saturated carbocycles. The van der Waals surface area contributed by atoms with E-state index in [-0.39, 0.29) is 18.1 Å². The van der Waals surface area contributed by atoms with E-state index >= 15 is 0 Å². The SMILES string of the molecule is N#Cc1cc(C(F)(F)F)ccc1S(=O)(=O)CCCCl. The Bertz CT molecular complexity index is 605. The maximum atomic E-state index is 12.5. The van der Waals surface area contributed by atoms with Crippen LogP contribution in [0.1, 0.15) is 17.5 Å². The lowest BCUT2D eigenvalue weighted by molar-refractivity contribution is -0.137. The summed E-state index contributed by atoms with van der Waals surface area (Å²) in [5.74, 6) is -0.196. The molecule has 1 aromatic carbocycles. The van der Waals surface area contributed by atoms with Gasteiger partial charge in [-0.3, -0.25) is 0 Å². The van der Waals surface area contributed by atoms with Gasteiger partial charge in [-0.15, -0.1) is 11.6 Å². The number of nitriles is 1. The highest BCUT2D eigenvalue weighted by molar-refractivity contribution is 7.91. The molecule has 0 fully saturated rings. The van der Waals surface area contributed by atoms with Crippen molar-refractivity contribution in [1.82, 2.24) is 0 Å². The van der Waals surface area contributed by atoms with E-state index in [2.05, 4.69) is 0 Å². The van der Waals surface area contributed by atoms with Gasteiger partial charge < -0.3 is 0 Å². The Hall–Kier alpha value is -1.26. The number of hydrogen-bond acceptors (Lipinski definition) is 3. The van der Waals surface area contributed by atoms with Gasteiger partial charge in [0.25, 0.3) is 0 Å². The van der Waals surface area contributed by atoms with Crippen LogP contribution in [-0.2, 0) is 16.0 Å². The molecule has 0 amide bonds. The Balaban J connectivity index is 3.29. The molecule has 0 unspecified atom stereocenters. The van der Waals surface area contributed by atoms with E-state index in [9.17, 15) is 21.6 Å². The van der Waals surface area contributed by atoms with E-state index in [1.165, 1.54) is 6.07 Å². The average Bonchev–Trinajstić information content (AvgIpc) is 2.34. The highest BCUT2D eigenvalue weighted by Crippen LogP contribution is 2.31. The fraction of sp³-hybridized carbons (Fsp3) is 0.364. The van der Waals surface area contributed by atoms with Crippen LogP contribution in [0.5, 0.6) is 0 Å². The molecule has 104 valence electrons. The summed E-state index contributed by atoms with van der Waals surface area (Å²) >= 11 is 5.38. The van der Waals surface area contributed by atoms with Crippen LogP contribution < -0.4 is 0 Å². The Morgan fingerprint density at radius 2 is 1.95 bits per heavy atom. The van der Waals surface area contributed by atoms with Gasteiger partial charge in [0.2, 0.25) is 0 Å². The molecule has 0 N–H and O–H groups in total. The second kappa shape index (κ2) is 5.80. The van der Waals surface area contributed by atoms with Gasteiger partial charge in [0.15, 0.2) is 9.84 Å². The third kappa shape index (κ3) is 3.85. The molecular weight excluding hydrogens is 303 g/mol. The fourth-order valence-electron chi connectivity index (χ4n) is 1.42. The van der Waals surface area contributed by atoms with Crippen LogP contribution in [-0.4, -0.2) is 20.1 Å². The van der Waals surface area contributed by atoms with Crippen molar-refractivity contribution >= 4 is 21.4 Å². The second-order valence-electron chi connectivity index (χ2n) is 3.68. The first-order valence-electron chi connectivity index (χ1n) is 5.12. The highest BCUT2D eigenvalue weighted by atomic mass is 35.5. The van der Waals surface area contributed by atoms with E-state index in [1.807, 2.05) is 0 Å². The predicted octanol–water partition coefficient (Wildman–Crippen LogP) is 2.98. The van der Waals surface area contributed by atoms with Gasteiger partial charge in [0, 0.05) is 5.88 Å². The van der Waals surface area contributed by atoms with Crippen molar-refractivity contribution < 1.29 is 21.6 Å². The molecule has 0 spiro atoms. The monoisotopic (exact) mass is 311 g/mol. The summed E-state index contributed by atoms with van der Waals surface area (Å²) in [7, 11) is -3.80. The van der Waals surface area contributed by atoms with Crippen LogP contribution in [0.2, 0.25) is 0 Å². The third-order valence-corrected chi connectivity index (χ3v) is 4.43. The van der Waals surface area contributed by atoms with E-state index in [4.69, 9.17) is 16.9 Å². The quantitative estimate of drug-likeness (QED) is 0.803. The average molecular weight is 312 g/mol. The molecule has 0 aromatic heterocycles. The number of nitrogens with zero attached hydrogens (tertiary/aromatic N) is 1. The molecule has 19 heavy (non-hydrogen) atoms. The molecule has 0 saturated heterocycles. The van der Waals surface area contributed by atoms with E-state index in [1.54, 1.807) is 0 Å². The molecule has 3 nitrogen and oxygen atoms in total. The van der Waals surface area contributed by atoms with Gasteiger partial charge in [-0.25, -0.2) is 8.42 Å². The van der Waals surface area contributed by atoms with Crippen molar-refractivity contribution in [3.8, 4) is 6.07 Å². The largest absolute Gasteiger partial charge is 0.416 e. The Labute approximate surface area is 113 Å². The number of sulfone groups is 1. The minimum absolute atomic E-state index is 0.113. The molecule has 0 radical (unpaired) electrons. The summed E-state index contributed by atoms with van der Waals surface area (Å²) in [6.07, 6.45) is -4.46. The second-order valence-corrected chi connectivity index (χ2v) is 6.14. The summed E-state index contributed by atoms with van der Waals surface area (Å²) in [4.78, 5) is -0.395. The van der Waals surface area contributed by atoms with Crippen molar-refractivity contribution in [1.29, 1.82) is 5.26 Å². The molecule has 8 heteroatoms.